The lowest BCUT2D eigenvalue weighted by Crippen LogP contribution is -2.36. The van der Waals surface area contributed by atoms with E-state index >= 15 is 0 Å². The van der Waals surface area contributed by atoms with Crippen LogP contribution in [0.3, 0.4) is 0 Å². The number of likely N-dealkylation sites (N-methyl/N-ethyl adjacent to an activating group) is 1. The number of anilines is 1. The van der Waals surface area contributed by atoms with E-state index < -0.39 is 0 Å². The standard InChI is InChI=1S/C24H29N5O2S/c1-5-18-11-7-8-13-20(18)25-21(30)15-28(4)22(31)16-32-24-27-26-23(29(24)6-2)19-12-9-10-17(3)14-19/h7-14H,5-6,15-16H2,1-4H3,(H,25,30). The summed E-state index contributed by atoms with van der Waals surface area (Å²) in [5, 5.41) is 12.2. The van der Waals surface area contributed by atoms with Gasteiger partial charge in [-0.3, -0.25) is 9.59 Å². The highest BCUT2D eigenvalue weighted by molar-refractivity contribution is 7.99. The summed E-state index contributed by atoms with van der Waals surface area (Å²) in [5.74, 6) is 0.608. The molecule has 1 N–H and O–H groups in total. The Kier molecular flexibility index (Phi) is 8.05. The van der Waals surface area contributed by atoms with Crippen LogP contribution in [-0.4, -0.2) is 50.8 Å². The SMILES string of the molecule is CCc1ccccc1NC(=O)CN(C)C(=O)CSc1nnc(-c2cccc(C)c2)n1CC. The Morgan fingerprint density at radius 2 is 1.88 bits per heavy atom. The minimum absolute atomic E-state index is 0.00749. The molecule has 0 saturated heterocycles. The van der Waals surface area contributed by atoms with Crippen LogP contribution in [0.5, 0.6) is 0 Å². The van der Waals surface area contributed by atoms with Gasteiger partial charge in [0, 0.05) is 24.8 Å². The van der Waals surface area contributed by atoms with Gasteiger partial charge in [-0.1, -0.05) is 60.6 Å². The molecule has 1 heterocycles. The summed E-state index contributed by atoms with van der Waals surface area (Å²) in [7, 11) is 1.64. The van der Waals surface area contributed by atoms with Crippen LogP contribution in [0.25, 0.3) is 11.4 Å². The Morgan fingerprint density at radius 1 is 1.09 bits per heavy atom. The number of aromatic nitrogens is 3. The van der Waals surface area contributed by atoms with Crippen LogP contribution in [0.15, 0.2) is 53.7 Å². The summed E-state index contributed by atoms with van der Waals surface area (Å²) in [6, 6.07) is 15.8. The fourth-order valence-corrected chi connectivity index (χ4v) is 4.30. The van der Waals surface area contributed by atoms with Gasteiger partial charge in [-0.25, -0.2) is 0 Å². The summed E-state index contributed by atoms with van der Waals surface area (Å²) in [5.41, 5.74) is 4.00. The van der Waals surface area contributed by atoms with Gasteiger partial charge in [-0.05, 0) is 38.0 Å². The molecule has 0 bridgehead atoms. The maximum atomic E-state index is 12.6. The number of aryl methyl sites for hydroxylation is 2. The number of para-hydroxylation sites is 1. The number of hydrogen-bond donors (Lipinski definition) is 1. The van der Waals surface area contributed by atoms with Crippen molar-refractivity contribution < 1.29 is 9.59 Å². The molecular formula is C24H29N5O2S. The fourth-order valence-electron chi connectivity index (χ4n) is 3.36. The number of nitrogens with one attached hydrogen (secondary N) is 1. The summed E-state index contributed by atoms with van der Waals surface area (Å²) >= 11 is 1.33. The molecule has 0 aliphatic carbocycles. The fraction of sp³-hybridized carbons (Fsp3) is 0.333. The van der Waals surface area contributed by atoms with Gasteiger partial charge in [0.15, 0.2) is 11.0 Å². The highest BCUT2D eigenvalue weighted by atomic mass is 32.2. The molecule has 0 aliphatic rings. The van der Waals surface area contributed by atoms with Gasteiger partial charge >= 0.3 is 0 Å². The largest absolute Gasteiger partial charge is 0.336 e. The third-order valence-corrected chi connectivity index (χ3v) is 6.06. The summed E-state index contributed by atoms with van der Waals surface area (Å²) in [6.45, 7) is 6.79. The van der Waals surface area contributed by atoms with E-state index in [1.165, 1.54) is 16.7 Å². The van der Waals surface area contributed by atoms with Crippen LogP contribution in [0.2, 0.25) is 0 Å². The van der Waals surface area contributed by atoms with Crippen molar-refractivity contribution in [3.8, 4) is 11.4 Å². The van der Waals surface area contributed by atoms with Crippen molar-refractivity contribution in [3.63, 3.8) is 0 Å². The first kappa shape index (κ1) is 23.5. The van der Waals surface area contributed by atoms with Crippen molar-refractivity contribution in [1.82, 2.24) is 19.7 Å². The minimum atomic E-state index is -0.217. The zero-order valence-electron chi connectivity index (χ0n) is 19.0. The molecule has 32 heavy (non-hydrogen) atoms. The Balaban J connectivity index is 1.59. The number of rotatable bonds is 9. The van der Waals surface area contributed by atoms with Gasteiger partial charge in [-0.15, -0.1) is 10.2 Å². The minimum Gasteiger partial charge on any atom is -0.336 e. The summed E-state index contributed by atoms with van der Waals surface area (Å²) in [6.07, 6.45) is 0.824. The van der Waals surface area contributed by atoms with E-state index in [-0.39, 0.29) is 24.1 Å². The van der Waals surface area contributed by atoms with Crippen LogP contribution < -0.4 is 5.32 Å². The summed E-state index contributed by atoms with van der Waals surface area (Å²) < 4.78 is 2.00. The number of nitrogens with zero attached hydrogens (tertiary/aromatic N) is 4. The molecule has 0 saturated carbocycles. The van der Waals surface area contributed by atoms with Gasteiger partial charge < -0.3 is 14.8 Å². The predicted molar refractivity (Wildman–Crippen MR) is 129 cm³/mol. The lowest BCUT2D eigenvalue weighted by Gasteiger charge is -2.17. The van der Waals surface area contributed by atoms with Gasteiger partial charge in [0.2, 0.25) is 11.8 Å². The number of carbonyl (C=O) groups is 2. The molecule has 8 heteroatoms. The lowest BCUT2D eigenvalue weighted by molar-refractivity contribution is -0.131. The number of amides is 2. The van der Waals surface area contributed by atoms with Crippen LogP contribution in [0, 0.1) is 6.92 Å². The molecule has 2 amide bonds. The number of hydrogen-bond acceptors (Lipinski definition) is 5. The van der Waals surface area contributed by atoms with E-state index in [0.29, 0.717) is 11.7 Å². The highest BCUT2D eigenvalue weighted by Crippen LogP contribution is 2.24. The number of benzene rings is 2. The first-order valence-electron chi connectivity index (χ1n) is 10.7. The second-order valence-electron chi connectivity index (χ2n) is 7.52. The Morgan fingerprint density at radius 3 is 2.59 bits per heavy atom. The monoisotopic (exact) mass is 451 g/mol. The molecule has 0 atom stereocenters. The van der Waals surface area contributed by atoms with E-state index in [1.54, 1.807) is 7.05 Å². The van der Waals surface area contributed by atoms with Crippen molar-refractivity contribution >= 4 is 29.3 Å². The number of carbonyl (C=O) groups excluding carboxylic acids is 2. The van der Waals surface area contributed by atoms with Gasteiger partial charge in [0.25, 0.3) is 0 Å². The molecule has 0 radical (unpaired) electrons. The molecule has 3 rings (SSSR count). The first-order chi connectivity index (χ1) is 15.4. The normalized spacial score (nSPS) is 10.8. The molecule has 3 aromatic rings. The Labute approximate surface area is 193 Å². The third-order valence-electron chi connectivity index (χ3n) is 5.11. The maximum absolute atomic E-state index is 12.6. The molecular weight excluding hydrogens is 422 g/mol. The van der Waals surface area contributed by atoms with E-state index in [4.69, 9.17) is 0 Å². The smallest absolute Gasteiger partial charge is 0.243 e. The van der Waals surface area contributed by atoms with Gasteiger partial charge in [-0.2, -0.15) is 0 Å². The van der Waals surface area contributed by atoms with E-state index in [1.807, 2.05) is 67.8 Å². The van der Waals surface area contributed by atoms with Crippen molar-refractivity contribution in [1.29, 1.82) is 0 Å². The first-order valence-corrected chi connectivity index (χ1v) is 11.7. The lowest BCUT2D eigenvalue weighted by atomic mass is 10.1. The van der Waals surface area contributed by atoms with E-state index in [9.17, 15) is 9.59 Å². The number of thioether (sulfide) groups is 1. The third kappa shape index (κ3) is 5.76. The molecule has 2 aromatic carbocycles. The maximum Gasteiger partial charge on any atom is 0.243 e. The summed E-state index contributed by atoms with van der Waals surface area (Å²) in [4.78, 5) is 26.5. The van der Waals surface area contributed by atoms with Crippen molar-refractivity contribution in [2.75, 3.05) is 24.7 Å². The van der Waals surface area contributed by atoms with Crippen LogP contribution in [0.1, 0.15) is 25.0 Å². The highest BCUT2D eigenvalue weighted by Gasteiger charge is 2.18. The average molecular weight is 452 g/mol. The molecule has 0 aliphatic heterocycles. The molecule has 0 fully saturated rings. The van der Waals surface area contributed by atoms with Crippen molar-refractivity contribution in [3.05, 3.63) is 59.7 Å². The topological polar surface area (TPSA) is 80.1 Å². The molecule has 0 spiro atoms. The van der Waals surface area contributed by atoms with Crippen molar-refractivity contribution in [2.45, 2.75) is 38.9 Å². The zero-order chi connectivity index (χ0) is 23.1. The van der Waals surface area contributed by atoms with E-state index in [0.717, 1.165) is 34.6 Å². The van der Waals surface area contributed by atoms with Crippen LogP contribution in [-0.2, 0) is 22.6 Å². The molecule has 168 valence electrons. The van der Waals surface area contributed by atoms with Gasteiger partial charge in [0.1, 0.15) is 0 Å². The second-order valence-corrected chi connectivity index (χ2v) is 8.46. The molecule has 1 aromatic heterocycles. The molecule has 0 unspecified atom stereocenters. The Hall–Kier alpha value is -3.13. The molecule has 7 nitrogen and oxygen atoms in total. The zero-order valence-corrected chi connectivity index (χ0v) is 19.8. The average Bonchev–Trinajstić information content (AvgIpc) is 3.20. The van der Waals surface area contributed by atoms with Crippen LogP contribution >= 0.6 is 11.8 Å². The second kappa shape index (κ2) is 10.9. The predicted octanol–water partition coefficient (Wildman–Crippen LogP) is 4.03. The van der Waals surface area contributed by atoms with Crippen LogP contribution in [0.4, 0.5) is 5.69 Å². The Bertz CT molecular complexity index is 1100. The van der Waals surface area contributed by atoms with Crippen molar-refractivity contribution in [2.24, 2.45) is 0 Å². The quantitative estimate of drug-likeness (QED) is 0.497. The van der Waals surface area contributed by atoms with Gasteiger partial charge in [0.05, 0.1) is 12.3 Å². The van der Waals surface area contributed by atoms with E-state index in [2.05, 4.69) is 21.6 Å².